The Kier molecular flexibility index (Phi) is 5.62. The molecule has 0 aliphatic carbocycles. The van der Waals surface area contributed by atoms with Crippen LogP contribution in [0, 0.1) is 5.92 Å². The van der Waals surface area contributed by atoms with Crippen molar-refractivity contribution in [2.75, 3.05) is 39.0 Å². The average molecular weight is 289 g/mol. The summed E-state index contributed by atoms with van der Waals surface area (Å²) >= 11 is 0. The predicted molar refractivity (Wildman–Crippen MR) is 77.7 cm³/mol. The van der Waals surface area contributed by atoms with E-state index in [9.17, 15) is 8.42 Å². The van der Waals surface area contributed by atoms with Crippen LogP contribution >= 0.6 is 0 Å². The van der Waals surface area contributed by atoms with Gasteiger partial charge in [0, 0.05) is 12.6 Å². The zero-order valence-electron chi connectivity index (χ0n) is 11.9. The van der Waals surface area contributed by atoms with Gasteiger partial charge < -0.3 is 10.2 Å². The summed E-state index contributed by atoms with van der Waals surface area (Å²) in [6.45, 7) is 3.56. The Morgan fingerprint density at radius 3 is 2.63 bits per heavy atom. The number of likely N-dealkylation sites (N-methyl/N-ethyl adjacent to an activating group) is 1. The van der Waals surface area contributed by atoms with Crippen LogP contribution in [0.1, 0.15) is 32.1 Å². The van der Waals surface area contributed by atoms with Crippen LogP contribution < -0.4 is 10.0 Å². The van der Waals surface area contributed by atoms with E-state index >= 15 is 0 Å². The maximum absolute atomic E-state index is 12.1. The molecule has 2 aliphatic rings. The molecule has 0 amide bonds. The topological polar surface area (TPSA) is 61.4 Å². The highest BCUT2D eigenvalue weighted by atomic mass is 32.2. The minimum atomic E-state index is -3.11. The maximum atomic E-state index is 12.1. The average Bonchev–Trinajstić information content (AvgIpc) is 2.38. The van der Waals surface area contributed by atoms with Gasteiger partial charge in [0.2, 0.25) is 10.0 Å². The monoisotopic (exact) mass is 289 g/mol. The first-order chi connectivity index (χ1) is 9.07. The third-order valence-electron chi connectivity index (χ3n) is 4.37. The standard InChI is InChI=1S/C13H27N3O2S/c1-16-9-3-2-4-13(16)10-15-19(17,18)11-12-5-7-14-8-6-12/h12-15H,2-11H2,1H3. The number of hydrogen-bond donors (Lipinski definition) is 2. The number of rotatable bonds is 5. The minimum absolute atomic E-state index is 0.297. The molecule has 1 atom stereocenters. The lowest BCUT2D eigenvalue weighted by molar-refractivity contribution is 0.187. The van der Waals surface area contributed by atoms with Gasteiger partial charge in [-0.2, -0.15) is 0 Å². The molecular weight excluding hydrogens is 262 g/mol. The first-order valence-electron chi connectivity index (χ1n) is 7.45. The van der Waals surface area contributed by atoms with Gasteiger partial charge in [0.25, 0.3) is 0 Å². The second-order valence-corrected chi connectivity index (χ2v) is 7.80. The fraction of sp³-hybridized carbons (Fsp3) is 1.00. The molecular formula is C13H27N3O2S. The second kappa shape index (κ2) is 7.02. The van der Waals surface area contributed by atoms with Crippen LogP contribution in [0.15, 0.2) is 0 Å². The molecule has 0 aromatic carbocycles. The van der Waals surface area contributed by atoms with Crippen molar-refractivity contribution in [1.82, 2.24) is 14.9 Å². The van der Waals surface area contributed by atoms with Gasteiger partial charge in [-0.15, -0.1) is 0 Å². The van der Waals surface area contributed by atoms with Gasteiger partial charge in [0.1, 0.15) is 0 Å². The van der Waals surface area contributed by atoms with Gasteiger partial charge in [-0.1, -0.05) is 6.42 Å². The quantitative estimate of drug-likeness (QED) is 0.769. The molecule has 0 bridgehead atoms. The van der Waals surface area contributed by atoms with Gasteiger partial charge in [0.05, 0.1) is 5.75 Å². The predicted octanol–water partition coefficient (Wildman–Crippen LogP) is 0.390. The lowest BCUT2D eigenvalue weighted by Crippen LogP contribution is -2.45. The van der Waals surface area contributed by atoms with E-state index < -0.39 is 10.0 Å². The van der Waals surface area contributed by atoms with Gasteiger partial charge in [-0.05, 0) is 58.3 Å². The molecule has 2 heterocycles. The summed E-state index contributed by atoms with van der Waals surface area (Å²) in [5, 5.41) is 3.27. The van der Waals surface area contributed by atoms with Crippen molar-refractivity contribution >= 4 is 10.0 Å². The fourth-order valence-electron chi connectivity index (χ4n) is 3.04. The highest BCUT2D eigenvalue weighted by Crippen LogP contribution is 2.16. The lowest BCUT2D eigenvalue weighted by atomic mass is 10.0. The molecule has 2 rings (SSSR count). The van der Waals surface area contributed by atoms with E-state index in [-0.39, 0.29) is 0 Å². The Labute approximate surface area is 117 Å². The third kappa shape index (κ3) is 5.02. The summed E-state index contributed by atoms with van der Waals surface area (Å²) in [5.74, 6) is 0.619. The maximum Gasteiger partial charge on any atom is 0.211 e. The number of nitrogens with zero attached hydrogens (tertiary/aromatic N) is 1. The van der Waals surface area contributed by atoms with Crippen molar-refractivity contribution in [2.45, 2.75) is 38.1 Å². The molecule has 0 aromatic rings. The van der Waals surface area contributed by atoms with Gasteiger partial charge in [0.15, 0.2) is 0 Å². The van der Waals surface area contributed by atoms with Gasteiger partial charge >= 0.3 is 0 Å². The van der Waals surface area contributed by atoms with Crippen molar-refractivity contribution in [3.63, 3.8) is 0 Å². The van der Waals surface area contributed by atoms with Crippen LogP contribution in [0.2, 0.25) is 0 Å². The Balaban J connectivity index is 1.76. The smallest absolute Gasteiger partial charge is 0.211 e. The van der Waals surface area contributed by atoms with Crippen LogP contribution in [-0.4, -0.2) is 58.3 Å². The Morgan fingerprint density at radius 2 is 1.95 bits per heavy atom. The second-order valence-electron chi connectivity index (χ2n) is 5.95. The summed E-state index contributed by atoms with van der Waals surface area (Å²) < 4.78 is 27.0. The lowest BCUT2D eigenvalue weighted by Gasteiger charge is -2.32. The van der Waals surface area contributed by atoms with Crippen LogP contribution in [-0.2, 0) is 10.0 Å². The largest absolute Gasteiger partial charge is 0.317 e. The molecule has 1 unspecified atom stereocenters. The zero-order chi connectivity index (χ0) is 13.7. The van der Waals surface area contributed by atoms with Crippen molar-refractivity contribution in [3.8, 4) is 0 Å². The number of piperidine rings is 2. The van der Waals surface area contributed by atoms with E-state index in [2.05, 4.69) is 22.0 Å². The van der Waals surface area contributed by atoms with Gasteiger partial charge in [-0.25, -0.2) is 13.1 Å². The van der Waals surface area contributed by atoms with Gasteiger partial charge in [-0.3, -0.25) is 0 Å². The highest BCUT2D eigenvalue weighted by Gasteiger charge is 2.24. The number of likely N-dealkylation sites (tertiary alicyclic amines) is 1. The van der Waals surface area contributed by atoms with Crippen LogP contribution in [0.4, 0.5) is 0 Å². The summed E-state index contributed by atoms with van der Waals surface area (Å²) in [6.07, 6.45) is 5.50. The molecule has 2 N–H and O–H groups in total. The first-order valence-corrected chi connectivity index (χ1v) is 9.10. The summed E-state index contributed by atoms with van der Waals surface area (Å²) in [5.41, 5.74) is 0. The fourth-order valence-corrected chi connectivity index (χ4v) is 4.56. The van der Waals surface area contributed by atoms with Crippen LogP contribution in [0.5, 0.6) is 0 Å². The van der Waals surface area contributed by atoms with E-state index in [1.807, 2.05) is 0 Å². The first kappa shape index (κ1) is 15.2. The molecule has 0 saturated carbocycles. The molecule has 2 fully saturated rings. The molecule has 0 radical (unpaired) electrons. The van der Waals surface area contributed by atoms with E-state index in [0.717, 1.165) is 38.9 Å². The summed E-state index contributed by atoms with van der Waals surface area (Å²) in [6, 6.07) is 0.372. The van der Waals surface area contributed by atoms with Crippen molar-refractivity contribution < 1.29 is 8.42 Å². The van der Waals surface area contributed by atoms with E-state index in [4.69, 9.17) is 0 Å². The van der Waals surface area contributed by atoms with E-state index in [0.29, 0.717) is 24.3 Å². The SMILES string of the molecule is CN1CCCCC1CNS(=O)(=O)CC1CCNCC1. The molecule has 2 aliphatic heterocycles. The molecule has 19 heavy (non-hydrogen) atoms. The minimum Gasteiger partial charge on any atom is -0.317 e. The van der Waals surface area contributed by atoms with Crippen molar-refractivity contribution in [1.29, 1.82) is 0 Å². The Bertz CT molecular complexity index is 366. The van der Waals surface area contributed by atoms with Crippen LogP contribution in [0.3, 0.4) is 0 Å². The molecule has 0 aromatic heterocycles. The zero-order valence-corrected chi connectivity index (χ0v) is 12.7. The number of hydrogen-bond acceptors (Lipinski definition) is 4. The molecule has 6 heteroatoms. The molecule has 2 saturated heterocycles. The molecule has 112 valence electrons. The molecule has 0 spiro atoms. The highest BCUT2D eigenvalue weighted by molar-refractivity contribution is 7.89. The van der Waals surface area contributed by atoms with Crippen LogP contribution in [0.25, 0.3) is 0 Å². The summed E-state index contributed by atoms with van der Waals surface area (Å²) in [7, 11) is -1.02. The molecule has 5 nitrogen and oxygen atoms in total. The van der Waals surface area contributed by atoms with E-state index in [1.54, 1.807) is 0 Å². The Hall–Kier alpha value is -0.170. The Morgan fingerprint density at radius 1 is 1.21 bits per heavy atom. The summed E-state index contributed by atoms with van der Waals surface area (Å²) in [4.78, 5) is 2.27. The number of nitrogens with one attached hydrogen (secondary N) is 2. The van der Waals surface area contributed by atoms with E-state index in [1.165, 1.54) is 12.8 Å². The number of sulfonamides is 1. The van der Waals surface area contributed by atoms with Crippen molar-refractivity contribution in [2.24, 2.45) is 5.92 Å². The third-order valence-corrected chi connectivity index (χ3v) is 5.89. The normalized spacial score (nSPS) is 27.5. The van der Waals surface area contributed by atoms with Crippen molar-refractivity contribution in [3.05, 3.63) is 0 Å².